The third-order valence-corrected chi connectivity index (χ3v) is 6.12. The number of rotatable bonds is 6. The highest BCUT2D eigenvalue weighted by Gasteiger charge is 2.35. The molecule has 0 saturated heterocycles. The van der Waals surface area contributed by atoms with Crippen LogP contribution in [0.25, 0.3) is 10.9 Å². The quantitative estimate of drug-likeness (QED) is 0.478. The van der Waals surface area contributed by atoms with Crippen molar-refractivity contribution in [2.45, 2.75) is 51.7 Å². The predicted octanol–water partition coefficient (Wildman–Crippen LogP) is 3.97. The van der Waals surface area contributed by atoms with Crippen LogP contribution in [-0.4, -0.2) is 38.7 Å². The number of nitriles is 1. The number of H-pyrrole nitrogens is 1. The van der Waals surface area contributed by atoms with Crippen molar-refractivity contribution in [3.63, 3.8) is 0 Å². The first kappa shape index (κ1) is 21.1. The Labute approximate surface area is 180 Å². The molecule has 1 fully saturated rings. The van der Waals surface area contributed by atoms with Crippen LogP contribution < -0.4 is 10.6 Å². The highest BCUT2D eigenvalue weighted by Crippen LogP contribution is 2.37. The topological polar surface area (TPSA) is 110 Å². The first-order chi connectivity index (χ1) is 14.9. The molecule has 162 valence electrons. The van der Waals surface area contributed by atoms with Crippen LogP contribution >= 0.6 is 0 Å². The summed E-state index contributed by atoms with van der Waals surface area (Å²) < 4.78 is 13.6. The Morgan fingerprint density at radius 1 is 1.35 bits per heavy atom. The average Bonchev–Trinajstić information content (AvgIpc) is 3.13. The Bertz CT molecular complexity index is 1120. The van der Waals surface area contributed by atoms with E-state index in [-0.39, 0.29) is 23.4 Å². The lowest BCUT2D eigenvalue weighted by molar-refractivity contribution is 0.00926. The van der Waals surface area contributed by atoms with Gasteiger partial charge < -0.3 is 20.7 Å². The summed E-state index contributed by atoms with van der Waals surface area (Å²) in [6.07, 6.45) is 6.08. The molecule has 1 aliphatic carbocycles. The molecule has 2 atom stereocenters. The molecule has 0 unspecified atom stereocenters. The van der Waals surface area contributed by atoms with Gasteiger partial charge in [0, 0.05) is 29.7 Å². The van der Waals surface area contributed by atoms with E-state index in [1.54, 1.807) is 6.07 Å². The first-order valence-electron chi connectivity index (χ1n) is 10.6. The predicted molar refractivity (Wildman–Crippen MR) is 118 cm³/mol. The van der Waals surface area contributed by atoms with Crippen molar-refractivity contribution in [1.29, 1.82) is 5.26 Å². The third kappa shape index (κ3) is 4.62. The van der Waals surface area contributed by atoms with Crippen molar-refractivity contribution >= 4 is 22.7 Å². The van der Waals surface area contributed by atoms with Crippen molar-refractivity contribution in [2.75, 3.05) is 17.2 Å². The van der Waals surface area contributed by atoms with Gasteiger partial charge >= 0.3 is 0 Å². The van der Waals surface area contributed by atoms with Gasteiger partial charge in [-0.15, -0.1) is 0 Å². The van der Waals surface area contributed by atoms with E-state index in [2.05, 4.69) is 45.5 Å². The summed E-state index contributed by atoms with van der Waals surface area (Å²) in [5, 5.41) is 27.1. The molecule has 1 aromatic carbocycles. The standard InChI is InChI=1S/C23H27FN6O/c1-23(2)10-17(4-6-20(23)31)29-21-15(11-25)13-28-22(30-21)26-8-7-14-12-27-19-5-3-16(24)9-18(14)19/h3,5,9,12-13,17,20,27,31H,4,6-8,10H2,1-2H3,(H2,26,28,29,30)/t17-,20+/m1/s1. The van der Waals surface area contributed by atoms with E-state index in [4.69, 9.17) is 0 Å². The average molecular weight is 423 g/mol. The minimum atomic E-state index is -0.318. The molecule has 1 aliphatic rings. The fraction of sp³-hybridized carbons (Fsp3) is 0.435. The van der Waals surface area contributed by atoms with Crippen LogP contribution in [0.3, 0.4) is 0 Å². The molecule has 0 spiro atoms. The van der Waals surface area contributed by atoms with Gasteiger partial charge in [-0.05, 0) is 54.9 Å². The minimum absolute atomic E-state index is 0.134. The highest BCUT2D eigenvalue weighted by atomic mass is 19.1. The number of fused-ring (bicyclic) bond motifs is 1. The second-order valence-electron chi connectivity index (χ2n) is 8.88. The number of nitrogens with zero attached hydrogens (tertiary/aromatic N) is 3. The number of hydrogen-bond acceptors (Lipinski definition) is 6. The SMILES string of the molecule is CC1(C)C[C@H](Nc2nc(NCCc3c[nH]c4ccc(F)cc34)ncc2C#N)CC[C@@H]1O. The van der Waals surface area contributed by atoms with Crippen LogP contribution in [0.1, 0.15) is 44.2 Å². The van der Waals surface area contributed by atoms with Crippen molar-refractivity contribution in [3.8, 4) is 6.07 Å². The molecule has 0 bridgehead atoms. The first-order valence-corrected chi connectivity index (χ1v) is 10.6. The van der Waals surface area contributed by atoms with Gasteiger partial charge in [-0.25, -0.2) is 9.37 Å². The number of aromatic amines is 1. The van der Waals surface area contributed by atoms with Crippen molar-refractivity contribution in [3.05, 3.63) is 47.5 Å². The number of aromatic nitrogens is 3. The summed E-state index contributed by atoms with van der Waals surface area (Å²) in [7, 11) is 0. The van der Waals surface area contributed by atoms with Crippen molar-refractivity contribution < 1.29 is 9.50 Å². The van der Waals surface area contributed by atoms with Gasteiger partial charge in [-0.2, -0.15) is 10.2 Å². The normalized spacial score (nSPS) is 20.4. The Balaban J connectivity index is 1.42. The summed E-state index contributed by atoms with van der Waals surface area (Å²) in [5.41, 5.74) is 2.12. The molecule has 31 heavy (non-hydrogen) atoms. The fourth-order valence-electron chi connectivity index (χ4n) is 4.26. The minimum Gasteiger partial charge on any atom is -0.393 e. The van der Waals surface area contributed by atoms with Gasteiger partial charge in [0.1, 0.15) is 23.3 Å². The smallest absolute Gasteiger partial charge is 0.224 e. The third-order valence-electron chi connectivity index (χ3n) is 6.12. The molecular formula is C23H27FN6O. The number of aliphatic hydroxyl groups is 1. The van der Waals surface area contributed by atoms with E-state index in [0.29, 0.717) is 36.7 Å². The molecule has 4 rings (SSSR count). The molecule has 0 amide bonds. The molecule has 7 nitrogen and oxygen atoms in total. The van der Waals surface area contributed by atoms with Crippen LogP contribution in [0.15, 0.2) is 30.6 Å². The van der Waals surface area contributed by atoms with Crippen LogP contribution in [0.5, 0.6) is 0 Å². The molecule has 4 N–H and O–H groups in total. The molecule has 2 heterocycles. The second kappa shape index (κ2) is 8.52. The molecular weight excluding hydrogens is 395 g/mol. The van der Waals surface area contributed by atoms with E-state index in [1.165, 1.54) is 18.3 Å². The zero-order chi connectivity index (χ0) is 22.0. The van der Waals surface area contributed by atoms with Gasteiger partial charge in [0.25, 0.3) is 0 Å². The summed E-state index contributed by atoms with van der Waals surface area (Å²) in [5.74, 6) is 0.680. The maximum absolute atomic E-state index is 13.6. The fourth-order valence-corrected chi connectivity index (χ4v) is 4.26. The van der Waals surface area contributed by atoms with Gasteiger partial charge in [0.05, 0.1) is 12.3 Å². The van der Waals surface area contributed by atoms with Gasteiger partial charge in [0.15, 0.2) is 0 Å². The lowest BCUT2D eigenvalue weighted by Gasteiger charge is -2.40. The van der Waals surface area contributed by atoms with E-state index in [9.17, 15) is 14.8 Å². The van der Waals surface area contributed by atoms with Gasteiger partial charge in [-0.1, -0.05) is 13.8 Å². The summed E-state index contributed by atoms with van der Waals surface area (Å²) >= 11 is 0. The molecule has 3 aromatic rings. The lowest BCUT2D eigenvalue weighted by atomic mass is 9.73. The Morgan fingerprint density at radius 3 is 2.97 bits per heavy atom. The molecule has 0 aliphatic heterocycles. The number of halogens is 1. The summed E-state index contributed by atoms with van der Waals surface area (Å²) in [6, 6.07) is 6.98. The van der Waals surface area contributed by atoms with E-state index in [0.717, 1.165) is 29.3 Å². The number of benzene rings is 1. The van der Waals surface area contributed by atoms with Gasteiger partial charge in [0.2, 0.25) is 5.95 Å². The summed E-state index contributed by atoms with van der Waals surface area (Å²) in [4.78, 5) is 11.9. The van der Waals surface area contributed by atoms with E-state index in [1.807, 2.05) is 6.20 Å². The number of aliphatic hydroxyl groups excluding tert-OH is 1. The Kier molecular flexibility index (Phi) is 5.79. The van der Waals surface area contributed by atoms with Crippen molar-refractivity contribution in [1.82, 2.24) is 15.0 Å². The zero-order valence-electron chi connectivity index (χ0n) is 17.7. The maximum atomic E-state index is 13.6. The number of hydrogen-bond donors (Lipinski definition) is 4. The van der Waals surface area contributed by atoms with Crippen LogP contribution in [-0.2, 0) is 6.42 Å². The monoisotopic (exact) mass is 422 g/mol. The van der Waals surface area contributed by atoms with Gasteiger partial charge in [-0.3, -0.25) is 0 Å². The number of nitrogens with one attached hydrogen (secondary N) is 3. The molecule has 2 aromatic heterocycles. The Morgan fingerprint density at radius 2 is 2.19 bits per heavy atom. The van der Waals surface area contributed by atoms with E-state index < -0.39 is 0 Å². The van der Waals surface area contributed by atoms with Crippen LogP contribution in [0.2, 0.25) is 0 Å². The number of anilines is 2. The Hall–Kier alpha value is -3.18. The molecule has 1 saturated carbocycles. The highest BCUT2D eigenvalue weighted by molar-refractivity contribution is 5.83. The molecule has 0 radical (unpaired) electrons. The van der Waals surface area contributed by atoms with Crippen LogP contribution in [0, 0.1) is 22.6 Å². The van der Waals surface area contributed by atoms with Crippen molar-refractivity contribution in [2.24, 2.45) is 5.41 Å². The maximum Gasteiger partial charge on any atom is 0.224 e. The van der Waals surface area contributed by atoms with E-state index >= 15 is 0 Å². The zero-order valence-corrected chi connectivity index (χ0v) is 17.7. The van der Waals surface area contributed by atoms with Crippen LogP contribution in [0.4, 0.5) is 16.2 Å². The molecule has 8 heteroatoms. The summed E-state index contributed by atoms with van der Waals surface area (Å²) in [6.45, 7) is 4.68. The largest absolute Gasteiger partial charge is 0.393 e. The second-order valence-corrected chi connectivity index (χ2v) is 8.88. The lowest BCUT2D eigenvalue weighted by Crippen LogP contribution is -2.41.